The van der Waals surface area contributed by atoms with Crippen LogP contribution in [0.5, 0.6) is 0 Å². The van der Waals surface area contributed by atoms with Crippen LogP contribution < -0.4 is 16.0 Å². The van der Waals surface area contributed by atoms with Gasteiger partial charge in [-0.05, 0) is 27.2 Å². The van der Waals surface area contributed by atoms with Crippen LogP contribution in [-0.4, -0.2) is 57.4 Å². The van der Waals surface area contributed by atoms with Gasteiger partial charge in [-0.25, -0.2) is 4.79 Å². The molecule has 0 aromatic rings. The lowest BCUT2D eigenvalue weighted by Gasteiger charge is -2.19. The first-order valence-electron chi connectivity index (χ1n) is 7.26. The summed E-state index contributed by atoms with van der Waals surface area (Å²) in [6.07, 6.45) is 0.571. The normalized spacial score (nSPS) is 11.1. The zero-order valence-corrected chi connectivity index (χ0v) is 16.9. The van der Waals surface area contributed by atoms with Crippen molar-refractivity contribution < 1.29 is 19.1 Å². The van der Waals surface area contributed by atoms with Crippen molar-refractivity contribution >= 4 is 42.0 Å². The van der Waals surface area contributed by atoms with Gasteiger partial charge in [0.05, 0.1) is 13.5 Å². The number of aliphatic imine (C=N–C) groups is 1. The molecule has 0 atom stereocenters. The highest BCUT2D eigenvalue weighted by Gasteiger charge is 2.15. The van der Waals surface area contributed by atoms with E-state index in [1.165, 1.54) is 7.11 Å². The van der Waals surface area contributed by atoms with E-state index in [0.717, 1.165) is 6.42 Å². The number of ether oxygens (including phenoxy) is 2. The second-order valence-corrected chi connectivity index (χ2v) is 5.53. The summed E-state index contributed by atoms with van der Waals surface area (Å²) >= 11 is 0. The fraction of sp³-hybridized carbons (Fsp3) is 0.786. The largest absolute Gasteiger partial charge is 0.469 e. The molecule has 23 heavy (non-hydrogen) atoms. The van der Waals surface area contributed by atoms with Gasteiger partial charge in [-0.15, -0.1) is 24.0 Å². The third kappa shape index (κ3) is 15.4. The Morgan fingerprint density at radius 3 is 2.13 bits per heavy atom. The predicted octanol–water partition coefficient (Wildman–Crippen LogP) is 1.25. The molecule has 0 aromatic heterocycles. The third-order valence-corrected chi connectivity index (χ3v) is 2.39. The van der Waals surface area contributed by atoms with Gasteiger partial charge in [-0.3, -0.25) is 9.79 Å². The Morgan fingerprint density at radius 2 is 1.61 bits per heavy atom. The number of methoxy groups -OCH3 is 1. The van der Waals surface area contributed by atoms with E-state index in [0.29, 0.717) is 25.6 Å². The Morgan fingerprint density at radius 1 is 1.04 bits per heavy atom. The number of hydrogen-bond acceptors (Lipinski definition) is 5. The molecule has 0 saturated heterocycles. The highest BCUT2D eigenvalue weighted by molar-refractivity contribution is 14.0. The number of nitrogens with one attached hydrogen (secondary N) is 3. The number of esters is 1. The quantitative estimate of drug-likeness (QED) is 0.180. The van der Waals surface area contributed by atoms with Crippen molar-refractivity contribution in [3.8, 4) is 0 Å². The van der Waals surface area contributed by atoms with Gasteiger partial charge < -0.3 is 25.4 Å². The molecule has 0 aromatic carbocycles. The number of carbonyl (C=O) groups excluding carboxylic acids is 2. The topological polar surface area (TPSA) is 101 Å². The van der Waals surface area contributed by atoms with Crippen LogP contribution in [0.1, 0.15) is 33.6 Å². The van der Waals surface area contributed by atoms with E-state index in [1.54, 1.807) is 7.05 Å². The maximum absolute atomic E-state index is 11.4. The molecule has 1 amide bonds. The van der Waals surface area contributed by atoms with Crippen LogP contribution in [-0.2, 0) is 14.3 Å². The standard InChI is InChI=1S/C14H28N4O4.HI/c1-14(2,3)22-13(20)18-9-6-8-16-12(15-4)17-10-7-11(19)21-5;/h6-10H2,1-5H3,(H,18,20)(H2,15,16,17);1H. The molecule has 0 fully saturated rings. The Kier molecular flexibility index (Phi) is 13.8. The fourth-order valence-corrected chi connectivity index (χ4v) is 1.41. The van der Waals surface area contributed by atoms with Crippen molar-refractivity contribution in [1.29, 1.82) is 0 Å². The van der Waals surface area contributed by atoms with Crippen LogP contribution in [0.3, 0.4) is 0 Å². The van der Waals surface area contributed by atoms with Gasteiger partial charge in [0.1, 0.15) is 5.60 Å². The first kappa shape index (κ1) is 24.0. The molecule has 0 rings (SSSR count). The molecule has 0 spiro atoms. The number of rotatable bonds is 7. The Bertz CT molecular complexity index is 383. The number of nitrogens with zero attached hydrogens (tertiary/aromatic N) is 1. The number of hydrogen-bond donors (Lipinski definition) is 3. The molecular weight excluding hydrogens is 415 g/mol. The lowest BCUT2D eigenvalue weighted by molar-refractivity contribution is -0.140. The van der Waals surface area contributed by atoms with Crippen LogP contribution in [0.4, 0.5) is 4.79 Å². The minimum Gasteiger partial charge on any atom is -0.469 e. The number of guanidine groups is 1. The molecule has 136 valence electrons. The minimum atomic E-state index is -0.492. The maximum Gasteiger partial charge on any atom is 0.407 e. The van der Waals surface area contributed by atoms with Crippen molar-refractivity contribution in [2.45, 2.75) is 39.2 Å². The Hall–Kier alpha value is -1.26. The zero-order valence-electron chi connectivity index (χ0n) is 14.5. The van der Waals surface area contributed by atoms with E-state index in [-0.39, 0.29) is 36.4 Å². The van der Waals surface area contributed by atoms with Crippen molar-refractivity contribution in [2.24, 2.45) is 4.99 Å². The van der Waals surface area contributed by atoms with Gasteiger partial charge in [-0.2, -0.15) is 0 Å². The molecule has 0 aliphatic carbocycles. The van der Waals surface area contributed by atoms with Crippen LogP contribution in [0.2, 0.25) is 0 Å². The second kappa shape index (κ2) is 13.2. The molecule has 0 aliphatic heterocycles. The lowest BCUT2D eigenvalue weighted by atomic mass is 10.2. The number of alkyl carbamates (subject to hydrolysis) is 1. The average Bonchev–Trinajstić information content (AvgIpc) is 2.42. The van der Waals surface area contributed by atoms with Gasteiger partial charge in [0.15, 0.2) is 5.96 Å². The summed E-state index contributed by atoms with van der Waals surface area (Å²) in [5.74, 6) is 0.325. The molecule has 0 unspecified atom stereocenters. The van der Waals surface area contributed by atoms with Crippen molar-refractivity contribution in [3.63, 3.8) is 0 Å². The summed E-state index contributed by atoms with van der Waals surface area (Å²) in [6.45, 7) is 7.03. The van der Waals surface area contributed by atoms with Crippen molar-refractivity contribution in [1.82, 2.24) is 16.0 Å². The highest BCUT2D eigenvalue weighted by atomic mass is 127. The van der Waals surface area contributed by atoms with Crippen molar-refractivity contribution in [3.05, 3.63) is 0 Å². The second-order valence-electron chi connectivity index (χ2n) is 5.53. The van der Waals surface area contributed by atoms with E-state index in [4.69, 9.17) is 4.74 Å². The predicted molar refractivity (Wildman–Crippen MR) is 100 cm³/mol. The summed E-state index contributed by atoms with van der Waals surface area (Å²) in [6, 6.07) is 0. The molecule has 0 radical (unpaired) electrons. The molecule has 9 heteroatoms. The van der Waals surface area contributed by atoms with E-state index in [9.17, 15) is 9.59 Å². The molecule has 0 saturated carbocycles. The van der Waals surface area contributed by atoms with E-state index in [1.807, 2.05) is 20.8 Å². The van der Waals surface area contributed by atoms with Crippen LogP contribution in [0.25, 0.3) is 0 Å². The van der Waals surface area contributed by atoms with Crippen LogP contribution in [0.15, 0.2) is 4.99 Å². The Balaban J connectivity index is 0. The number of halogens is 1. The van der Waals surface area contributed by atoms with Gasteiger partial charge in [0, 0.05) is 26.7 Å². The van der Waals surface area contributed by atoms with E-state index in [2.05, 4.69) is 25.7 Å². The van der Waals surface area contributed by atoms with Crippen LogP contribution in [0, 0.1) is 0 Å². The third-order valence-electron chi connectivity index (χ3n) is 2.39. The van der Waals surface area contributed by atoms with Gasteiger partial charge >= 0.3 is 12.1 Å². The zero-order chi connectivity index (χ0) is 17.0. The monoisotopic (exact) mass is 444 g/mol. The summed E-state index contributed by atoms with van der Waals surface area (Å²) in [4.78, 5) is 26.4. The van der Waals surface area contributed by atoms with E-state index >= 15 is 0 Å². The van der Waals surface area contributed by atoms with E-state index < -0.39 is 11.7 Å². The molecule has 0 heterocycles. The highest BCUT2D eigenvalue weighted by Crippen LogP contribution is 2.06. The van der Waals surface area contributed by atoms with Crippen LogP contribution >= 0.6 is 24.0 Å². The van der Waals surface area contributed by atoms with Crippen molar-refractivity contribution in [2.75, 3.05) is 33.8 Å². The molecule has 0 aliphatic rings. The first-order valence-corrected chi connectivity index (χ1v) is 7.26. The summed E-state index contributed by atoms with van der Waals surface area (Å²) in [5, 5.41) is 8.74. The first-order chi connectivity index (χ1) is 10.3. The van der Waals surface area contributed by atoms with Gasteiger partial charge in [0.25, 0.3) is 0 Å². The molecule has 8 nitrogen and oxygen atoms in total. The fourth-order valence-electron chi connectivity index (χ4n) is 1.41. The Labute approximate surface area is 155 Å². The SMILES string of the molecule is CN=C(NCCCNC(=O)OC(C)(C)C)NCCC(=O)OC.I. The van der Waals surface area contributed by atoms with Gasteiger partial charge in [0.2, 0.25) is 0 Å². The number of carbonyl (C=O) groups is 2. The molecule has 0 bridgehead atoms. The number of amides is 1. The summed E-state index contributed by atoms with van der Waals surface area (Å²) in [5.41, 5.74) is -0.492. The smallest absolute Gasteiger partial charge is 0.407 e. The summed E-state index contributed by atoms with van der Waals surface area (Å²) in [7, 11) is 3.00. The maximum atomic E-state index is 11.4. The lowest BCUT2D eigenvalue weighted by Crippen LogP contribution is -2.40. The minimum absolute atomic E-state index is 0. The molecule has 3 N–H and O–H groups in total. The molecular formula is C14H29IN4O4. The average molecular weight is 444 g/mol. The summed E-state index contributed by atoms with van der Waals surface area (Å²) < 4.78 is 9.67. The van der Waals surface area contributed by atoms with Gasteiger partial charge in [-0.1, -0.05) is 0 Å².